The summed E-state index contributed by atoms with van der Waals surface area (Å²) in [6, 6.07) is 19.3. The monoisotopic (exact) mass is 352 g/mol. The molecular formula is C20H17ClN2O2. The molecule has 0 bridgehead atoms. The van der Waals surface area contributed by atoms with E-state index in [4.69, 9.17) is 26.0 Å². The van der Waals surface area contributed by atoms with E-state index in [9.17, 15) is 0 Å². The van der Waals surface area contributed by atoms with Crippen molar-refractivity contribution in [1.29, 1.82) is 5.26 Å². The second-order valence-electron chi connectivity index (χ2n) is 5.55. The number of hydrogen-bond acceptors (Lipinski definition) is 4. The molecule has 1 heterocycles. The quantitative estimate of drug-likeness (QED) is 0.640. The summed E-state index contributed by atoms with van der Waals surface area (Å²) < 4.78 is 10.9. The first-order chi connectivity index (χ1) is 12.2. The van der Waals surface area contributed by atoms with Crippen molar-refractivity contribution >= 4 is 17.3 Å². The minimum absolute atomic E-state index is 0.451. The second kappa shape index (κ2) is 8.39. The van der Waals surface area contributed by atoms with Crippen LogP contribution in [0.3, 0.4) is 0 Å². The fraction of sp³-hybridized carbons (Fsp3) is 0.150. The van der Waals surface area contributed by atoms with Crippen LogP contribution in [0.4, 0.5) is 5.69 Å². The molecule has 2 aromatic carbocycles. The van der Waals surface area contributed by atoms with Crippen LogP contribution in [0.1, 0.15) is 22.5 Å². The van der Waals surface area contributed by atoms with Crippen LogP contribution in [-0.2, 0) is 24.5 Å². The van der Waals surface area contributed by atoms with E-state index in [1.54, 1.807) is 18.4 Å². The lowest BCUT2D eigenvalue weighted by atomic mass is 10.1. The molecule has 3 aromatic rings. The van der Waals surface area contributed by atoms with E-state index in [2.05, 4.69) is 17.5 Å². The van der Waals surface area contributed by atoms with Crippen LogP contribution in [0.2, 0.25) is 5.02 Å². The first-order valence-electron chi connectivity index (χ1n) is 7.86. The molecule has 0 saturated carbocycles. The zero-order valence-corrected chi connectivity index (χ0v) is 14.3. The maximum Gasteiger partial charge on any atom is 0.129 e. The number of halogens is 1. The molecule has 0 saturated heterocycles. The number of benzene rings is 2. The Hall–Kier alpha value is -2.74. The van der Waals surface area contributed by atoms with Crippen molar-refractivity contribution in [2.45, 2.75) is 19.8 Å². The van der Waals surface area contributed by atoms with Gasteiger partial charge in [0, 0.05) is 12.2 Å². The predicted octanol–water partition coefficient (Wildman–Crippen LogP) is 5.13. The fourth-order valence-corrected chi connectivity index (χ4v) is 2.64. The van der Waals surface area contributed by atoms with Crippen LogP contribution in [0.25, 0.3) is 0 Å². The van der Waals surface area contributed by atoms with Gasteiger partial charge in [-0.25, -0.2) is 0 Å². The molecule has 0 aliphatic carbocycles. The van der Waals surface area contributed by atoms with Crippen LogP contribution in [-0.4, -0.2) is 0 Å². The lowest BCUT2D eigenvalue weighted by Crippen LogP contribution is -2.01. The van der Waals surface area contributed by atoms with Crippen LogP contribution in [0, 0.1) is 11.3 Å². The summed E-state index contributed by atoms with van der Waals surface area (Å²) in [5, 5.41) is 12.7. The Bertz CT molecular complexity index is 870. The second-order valence-corrected chi connectivity index (χ2v) is 5.96. The summed E-state index contributed by atoms with van der Waals surface area (Å²) in [6.07, 6.45) is 1.64. The molecule has 5 heteroatoms. The van der Waals surface area contributed by atoms with Crippen molar-refractivity contribution in [3.8, 4) is 6.07 Å². The van der Waals surface area contributed by atoms with E-state index in [1.165, 1.54) is 0 Å². The highest BCUT2D eigenvalue weighted by molar-refractivity contribution is 6.32. The molecule has 0 spiro atoms. The Kier molecular flexibility index (Phi) is 5.73. The third-order valence-electron chi connectivity index (χ3n) is 3.67. The van der Waals surface area contributed by atoms with Crippen molar-refractivity contribution in [3.63, 3.8) is 0 Å². The van der Waals surface area contributed by atoms with Crippen LogP contribution in [0.15, 0.2) is 65.3 Å². The van der Waals surface area contributed by atoms with Crippen LogP contribution < -0.4 is 5.32 Å². The van der Waals surface area contributed by atoms with Crippen molar-refractivity contribution < 1.29 is 9.15 Å². The lowest BCUT2D eigenvalue weighted by Gasteiger charge is -2.09. The molecule has 0 amide bonds. The third kappa shape index (κ3) is 4.87. The zero-order chi connectivity index (χ0) is 17.5. The van der Waals surface area contributed by atoms with Crippen molar-refractivity contribution in [3.05, 3.63) is 88.3 Å². The molecule has 25 heavy (non-hydrogen) atoms. The summed E-state index contributed by atoms with van der Waals surface area (Å²) in [5.74, 6) is 0.815. The number of hydrogen-bond donors (Lipinski definition) is 1. The topological polar surface area (TPSA) is 58.2 Å². The van der Waals surface area contributed by atoms with Crippen LogP contribution >= 0.6 is 11.6 Å². The van der Waals surface area contributed by atoms with Gasteiger partial charge >= 0.3 is 0 Å². The minimum atomic E-state index is 0.451. The molecule has 0 radical (unpaired) electrons. The average molecular weight is 353 g/mol. The maximum atomic E-state index is 8.91. The van der Waals surface area contributed by atoms with Gasteiger partial charge in [0.1, 0.15) is 18.4 Å². The lowest BCUT2D eigenvalue weighted by molar-refractivity contribution is 0.0929. The number of nitrogens with zero attached hydrogens (tertiary/aromatic N) is 1. The average Bonchev–Trinajstić information content (AvgIpc) is 3.14. The van der Waals surface area contributed by atoms with E-state index in [1.807, 2.05) is 36.4 Å². The molecule has 0 aliphatic heterocycles. The van der Waals surface area contributed by atoms with E-state index in [0.717, 1.165) is 22.6 Å². The highest BCUT2D eigenvalue weighted by atomic mass is 35.5. The van der Waals surface area contributed by atoms with E-state index >= 15 is 0 Å². The molecule has 4 nitrogen and oxygen atoms in total. The minimum Gasteiger partial charge on any atom is -0.467 e. The maximum absolute atomic E-state index is 8.91. The summed E-state index contributed by atoms with van der Waals surface area (Å²) in [5.41, 5.74) is 3.59. The summed E-state index contributed by atoms with van der Waals surface area (Å²) >= 11 is 6.05. The molecular weight excluding hydrogens is 336 g/mol. The number of rotatable bonds is 7. The molecule has 1 N–H and O–H groups in total. The van der Waals surface area contributed by atoms with Gasteiger partial charge in [0.25, 0.3) is 0 Å². The first-order valence-corrected chi connectivity index (χ1v) is 8.24. The van der Waals surface area contributed by atoms with Gasteiger partial charge in [-0.05, 0) is 41.5 Å². The fourth-order valence-electron chi connectivity index (χ4n) is 2.41. The van der Waals surface area contributed by atoms with Gasteiger partial charge < -0.3 is 14.5 Å². The Morgan fingerprint density at radius 1 is 1.04 bits per heavy atom. The van der Waals surface area contributed by atoms with Gasteiger partial charge in [-0.15, -0.1) is 0 Å². The van der Waals surface area contributed by atoms with Gasteiger partial charge in [0.2, 0.25) is 0 Å². The number of nitrogens with one attached hydrogen (secondary N) is 1. The number of furan rings is 1. The molecule has 0 unspecified atom stereocenters. The van der Waals surface area contributed by atoms with Crippen LogP contribution in [0.5, 0.6) is 0 Å². The Labute approximate surface area is 151 Å². The number of anilines is 1. The van der Waals surface area contributed by atoms with E-state index < -0.39 is 0 Å². The summed E-state index contributed by atoms with van der Waals surface area (Å²) in [4.78, 5) is 0. The van der Waals surface area contributed by atoms with Gasteiger partial charge in [0.05, 0.1) is 23.5 Å². The van der Waals surface area contributed by atoms with E-state index in [0.29, 0.717) is 30.3 Å². The van der Waals surface area contributed by atoms with Gasteiger partial charge in [-0.1, -0.05) is 35.9 Å². The van der Waals surface area contributed by atoms with Gasteiger partial charge in [-0.3, -0.25) is 0 Å². The Balaban J connectivity index is 1.54. The van der Waals surface area contributed by atoms with Gasteiger partial charge in [-0.2, -0.15) is 5.26 Å². The zero-order valence-electron chi connectivity index (χ0n) is 13.5. The first kappa shape index (κ1) is 17.1. The third-order valence-corrected chi connectivity index (χ3v) is 3.98. The molecule has 0 aliphatic rings. The highest BCUT2D eigenvalue weighted by Crippen LogP contribution is 2.21. The normalized spacial score (nSPS) is 10.4. The molecule has 0 atom stereocenters. The largest absolute Gasteiger partial charge is 0.467 e. The van der Waals surface area contributed by atoms with E-state index in [-0.39, 0.29) is 0 Å². The molecule has 3 rings (SSSR count). The molecule has 0 fully saturated rings. The summed E-state index contributed by atoms with van der Waals surface area (Å²) in [6.45, 7) is 1.64. The SMILES string of the molecule is N#Cc1ccc(NCc2cccc(COCc3ccco3)c2)cc1Cl. The Morgan fingerprint density at radius 3 is 2.68 bits per heavy atom. The molecule has 126 valence electrons. The Morgan fingerprint density at radius 2 is 1.92 bits per heavy atom. The van der Waals surface area contributed by atoms with Crippen molar-refractivity contribution in [2.24, 2.45) is 0 Å². The summed E-state index contributed by atoms with van der Waals surface area (Å²) in [7, 11) is 0. The number of ether oxygens (including phenoxy) is 1. The van der Waals surface area contributed by atoms with Crippen molar-refractivity contribution in [2.75, 3.05) is 5.32 Å². The standard InChI is InChI=1S/C20H17ClN2O2/c21-20-10-18(7-6-17(20)11-22)23-12-15-3-1-4-16(9-15)13-24-14-19-5-2-8-25-19/h1-10,23H,12-14H2. The predicted molar refractivity (Wildman–Crippen MR) is 97.1 cm³/mol. The number of nitriles is 1. The highest BCUT2D eigenvalue weighted by Gasteiger charge is 2.02. The van der Waals surface area contributed by atoms with Gasteiger partial charge in [0.15, 0.2) is 0 Å². The van der Waals surface area contributed by atoms with Crippen molar-refractivity contribution in [1.82, 2.24) is 0 Å². The molecule has 1 aromatic heterocycles. The smallest absolute Gasteiger partial charge is 0.129 e.